The number of nitrogens with zero attached hydrogens (tertiary/aromatic N) is 4. The lowest BCUT2D eigenvalue weighted by atomic mass is 10.1. The highest BCUT2D eigenvalue weighted by Crippen LogP contribution is 2.35. The Kier molecular flexibility index (Phi) is 4.98. The Hall–Kier alpha value is -1.87. The Morgan fingerprint density at radius 2 is 2.00 bits per heavy atom. The van der Waals surface area contributed by atoms with Crippen molar-refractivity contribution in [2.45, 2.75) is 18.6 Å². The van der Waals surface area contributed by atoms with Crippen molar-refractivity contribution in [3.63, 3.8) is 0 Å². The summed E-state index contributed by atoms with van der Waals surface area (Å²) >= 11 is 0. The van der Waals surface area contributed by atoms with Crippen molar-refractivity contribution >= 4 is 11.7 Å². The minimum absolute atomic E-state index is 0.106. The first-order valence-electron chi connectivity index (χ1n) is 9.29. The quantitative estimate of drug-likeness (QED) is 0.790. The third kappa shape index (κ3) is 3.89. The summed E-state index contributed by atoms with van der Waals surface area (Å²) < 4.78 is 44.2. The van der Waals surface area contributed by atoms with Gasteiger partial charge in [-0.05, 0) is 31.0 Å². The van der Waals surface area contributed by atoms with Gasteiger partial charge < -0.3 is 14.5 Å². The number of likely N-dealkylation sites (tertiary alicyclic amines) is 1. The summed E-state index contributed by atoms with van der Waals surface area (Å²) in [4.78, 5) is 22.6. The van der Waals surface area contributed by atoms with E-state index in [9.17, 15) is 18.0 Å². The van der Waals surface area contributed by atoms with E-state index in [0.717, 1.165) is 25.1 Å². The number of fused-ring (bicyclic) bond motifs is 1. The first-order valence-corrected chi connectivity index (χ1v) is 9.29. The number of hydrogen-bond acceptors (Lipinski definition) is 5. The largest absolute Gasteiger partial charge is 0.416 e. The first kappa shape index (κ1) is 18.5. The van der Waals surface area contributed by atoms with Gasteiger partial charge in [0.1, 0.15) is 5.82 Å². The highest BCUT2D eigenvalue weighted by molar-refractivity contribution is 5.78. The fraction of sp³-hybridized carbons (Fsp3) is 0.667. The molecule has 1 amide bonds. The molecule has 0 bridgehead atoms. The number of amides is 1. The van der Waals surface area contributed by atoms with Crippen LogP contribution >= 0.6 is 0 Å². The van der Waals surface area contributed by atoms with Crippen LogP contribution in [-0.4, -0.2) is 79.2 Å². The van der Waals surface area contributed by atoms with Crippen LogP contribution in [0, 0.1) is 5.92 Å². The third-order valence-corrected chi connectivity index (χ3v) is 5.76. The van der Waals surface area contributed by atoms with Crippen molar-refractivity contribution in [3.05, 3.63) is 23.9 Å². The molecule has 0 radical (unpaired) electrons. The molecule has 27 heavy (non-hydrogen) atoms. The zero-order chi connectivity index (χ0) is 19.0. The molecule has 0 N–H and O–H groups in total. The monoisotopic (exact) mass is 384 g/mol. The van der Waals surface area contributed by atoms with Crippen molar-refractivity contribution in [2.75, 3.05) is 57.4 Å². The third-order valence-electron chi connectivity index (χ3n) is 5.76. The average Bonchev–Trinajstić information content (AvgIpc) is 3.24. The maximum Gasteiger partial charge on any atom is 0.416 e. The number of rotatable bonds is 3. The number of pyridine rings is 1. The number of ether oxygens (including phenoxy) is 1. The molecular formula is C18H23F3N4O2. The Morgan fingerprint density at radius 3 is 2.74 bits per heavy atom. The van der Waals surface area contributed by atoms with E-state index in [1.165, 1.54) is 6.20 Å². The van der Waals surface area contributed by atoms with Gasteiger partial charge in [-0.1, -0.05) is 0 Å². The lowest BCUT2D eigenvalue weighted by molar-refractivity contribution is -0.138. The molecule has 3 aliphatic heterocycles. The van der Waals surface area contributed by atoms with Crippen molar-refractivity contribution in [1.29, 1.82) is 0 Å². The SMILES string of the molecule is O=C(CN1CCC2CN(c3cc(C(F)(F)F)ccn3)CC21)N1CCOCC1. The van der Waals surface area contributed by atoms with Gasteiger partial charge in [0.05, 0.1) is 25.3 Å². The smallest absolute Gasteiger partial charge is 0.378 e. The highest BCUT2D eigenvalue weighted by atomic mass is 19.4. The summed E-state index contributed by atoms with van der Waals surface area (Å²) in [6, 6.07) is 2.30. The summed E-state index contributed by atoms with van der Waals surface area (Å²) in [7, 11) is 0. The number of halogens is 3. The molecule has 3 aliphatic rings. The van der Waals surface area contributed by atoms with Gasteiger partial charge >= 0.3 is 6.18 Å². The van der Waals surface area contributed by atoms with Gasteiger partial charge in [0, 0.05) is 38.4 Å². The molecule has 148 valence electrons. The topological polar surface area (TPSA) is 48.9 Å². The normalized spacial score (nSPS) is 26.5. The van der Waals surface area contributed by atoms with Gasteiger partial charge in [-0.3, -0.25) is 9.69 Å². The second-order valence-electron chi connectivity index (χ2n) is 7.39. The molecule has 4 rings (SSSR count). The summed E-state index contributed by atoms with van der Waals surface area (Å²) in [5, 5.41) is 0. The predicted molar refractivity (Wildman–Crippen MR) is 92.3 cm³/mol. The van der Waals surface area contributed by atoms with Crippen LogP contribution in [0.4, 0.5) is 19.0 Å². The molecule has 3 saturated heterocycles. The number of carbonyl (C=O) groups excluding carboxylic acids is 1. The second-order valence-corrected chi connectivity index (χ2v) is 7.39. The van der Waals surface area contributed by atoms with Crippen LogP contribution in [0.25, 0.3) is 0 Å². The predicted octanol–water partition coefficient (Wildman–Crippen LogP) is 1.47. The second kappa shape index (κ2) is 7.27. The zero-order valence-electron chi connectivity index (χ0n) is 15.0. The van der Waals surface area contributed by atoms with Crippen molar-refractivity contribution < 1.29 is 22.7 Å². The van der Waals surface area contributed by atoms with Gasteiger partial charge in [0.2, 0.25) is 5.91 Å². The molecule has 2 unspecified atom stereocenters. The van der Waals surface area contributed by atoms with Crippen molar-refractivity contribution in [3.8, 4) is 0 Å². The molecular weight excluding hydrogens is 361 g/mol. The maximum absolute atomic E-state index is 13.0. The maximum atomic E-state index is 13.0. The van der Waals surface area contributed by atoms with Crippen LogP contribution in [0.5, 0.6) is 0 Å². The molecule has 0 aromatic carbocycles. The van der Waals surface area contributed by atoms with Gasteiger partial charge in [0.25, 0.3) is 0 Å². The Labute approximate surface area is 155 Å². The van der Waals surface area contributed by atoms with Gasteiger partial charge in [0.15, 0.2) is 0 Å². The minimum Gasteiger partial charge on any atom is -0.378 e. The molecule has 3 fully saturated rings. The highest BCUT2D eigenvalue weighted by Gasteiger charge is 2.43. The fourth-order valence-corrected chi connectivity index (χ4v) is 4.29. The van der Waals surface area contributed by atoms with E-state index >= 15 is 0 Å². The number of alkyl halides is 3. The summed E-state index contributed by atoms with van der Waals surface area (Å²) in [5.74, 6) is 0.826. The standard InChI is InChI=1S/C18H23F3N4O2/c19-18(20,21)14-1-3-22-16(9-14)25-10-13-2-4-24(15(13)11-25)12-17(26)23-5-7-27-8-6-23/h1,3,9,13,15H,2,4-8,10-12H2. The van der Waals surface area contributed by atoms with E-state index in [1.807, 2.05) is 9.80 Å². The van der Waals surface area contributed by atoms with E-state index in [1.54, 1.807) is 0 Å². The van der Waals surface area contributed by atoms with Crippen LogP contribution in [0.3, 0.4) is 0 Å². The average molecular weight is 384 g/mol. The Morgan fingerprint density at radius 1 is 1.22 bits per heavy atom. The van der Waals surface area contributed by atoms with E-state index < -0.39 is 11.7 Å². The number of anilines is 1. The molecule has 1 aromatic rings. The van der Waals surface area contributed by atoms with Gasteiger partial charge in [-0.15, -0.1) is 0 Å². The number of hydrogen-bond donors (Lipinski definition) is 0. The van der Waals surface area contributed by atoms with Crippen LogP contribution < -0.4 is 4.90 Å². The molecule has 0 aliphatic carbocycles. The molecule has 0 spiro atoms. The number of carbonyl (C=O) groups is 1. The summed E-state index contributed by atoms with van der Waals surface area (Å²) in [5.41, 5.74) is -0.677. The van der Waals surface area contributed by atoms with Crippen molar-refractivity contribution in [1.82, 2.24) is 14.8 Å². The van der Waals surface area contributed by atoms with Crippen molar-refractivity contribution in [2.24, 2.45) is 5.92 Å². The van der Waals surface area contributed by atoms with Crippen LogP contribution in [-0.2, 0) is 15.7 Å². The fourth-order valence-electron chi connectivity index (χ4n) is 4.29. The number of aromatic nitrogens is 1. The summed E-state index contributed by atoms with van der Waals surface area (Å²) in [6.45, 7) is 4.92. The molecule has 6 nitrogen and oxygen atoms in total. The number of morpholine rings is 1. The minimum atomic E-state index is -4.37. The molecule has 2 atom stereocenters. The van der Waals surface area contributed by atoms with E-state index in [0.29, 0.717) is 57.7 Å². The Balaban J connectivity index is 1.40. The van der Waals surface area contributed by atoms with E-state index in [2.05, 4.69) is 9.88 Å². The molecule has 0 saturated carbocycles. The molecule has 4 heterocycles. The lowest BCUT2D eigenvalue weighted by Crippen LogP contribution is -2.47. The van der Waals surface area contributed by atoms with Gasteiger partial charge in [-0.25, -0.2) is 4.98 Å². The first-order chi connectivity index (χ1) is 12.9. The molecule has 1 aromatic heterocycles. The van der Waals surface area contributed by atoms with E-state index in [4.69, 9.17) is 4.74 Å². The van der Waals surface area contributed by atoms with Crippen LogP contribution in [0.2, 0.25) is 0 Å². The van der Waals surface area contributed by atoms with Gasteiger partial charge in [-0.2, -0.15) is 13.2 Å². The zero-order valence-corrected chi connectivity index (χ0v) is 15.0. The van der Waals surface area contributed by atoms with Crippen LogP contribution in [0.15, 0.2) is 18.3 Å². The summed E-state index contributed by atoms with van der Waals surface area (Å²) in [6.07, 6.45) is -2.20. The Bertz CT molecular complexity index is 693. The van der Waals surface area contributed by atoms with E-state index in [-0.39, 0.29) is 11.9 Å². The lowest BCUT2D eigenvalue weighted by Gasteiger charge is -2.30. The molecule has 9 heteroatoms. The van der Waals surface area contributed by atoms with Crippen LogP contribution in [0.1, 0.15) is 12.0 Å².